The molecule has 0 atom stereocenters. The van der Waals surface area contributed by atoms with E-state index in [0.717, 1.165) is 11.3 Å². The Morgan fingerprint density at radius 3 is 2.75 bits per heavy atom. The van der Waals surface area contributed by atoms with Crippen LogP contribution in [0, 0.1) is 6.92 Å². The molecule has 0 bridgehead atoms. The highest BCUT2D eigenvalue weighted by Crippen LogP contribution is 2.20. The summed E-state index contributed by atoms with van der Waals surface area (Å²) in [5.74, 6) is 1.09. The van der Waals surface area contributed by atoms with Gasteiger partial charge < -0.3 is 15.0 Å². The molecule has 0 aliphatic heterocycles. The summed E-state index contributed by atoms with van der Waals surface area (Å²) in [6.45, 7) is 2.52. The van der Waals surface area contributed by atoms with Crippen molar-refractivity contribution in [3.63, 3.8) is 0 Å². The molecule has 3 aromatic rings. The normalized spacial score (nSPS) is 10.7. The van der Waals surface area contributed by atoms with Crippen molar-refractivity contribution in [3.05, 3.63) is 48.1 Å². The van der Waals surface area contributed by atoms with Crippen molar-refractivity contribution >= 4 is 5.91 Å². The van der Waals surface area contributed by atoms with E-state index in [1.165, 1.54) is 0 Å². The number of nitrogens with zero attached hydrogens (tertiary/aromatic N) is 4. The molecule has 1 aromatic carbocycles. The van der Waals surface area contributed by atoms with Gasteiger partial charge in [0.05, 0.1) is 0 Å². The van der Waals surface area contributed by atoms with E-state index in [-0.39, 0.29) is 6.61 Å². The average molecular weight is 327 g/mol. The van der Waals surface area contributed by atoms with Gasteiger partial charge in [-0.2, -0.15) is 10.1 Å². The molecule has 0 saturated heterocycles. The second kappa shape index (κ2) is 6.95. The summed E-state index contributed by atoms with van der Waals surface area (Å²) in [6, 6.07) is 8.98. The summed E-state index contributed by atoms with van der Waals surface area (Å²) >= 11 is 0. The topological polar surface area (TPSA) is 109 Å². The molecule has 0 saturated carbocycles. The molecule has 0 fully saturated rings. The monoisotopic (exact) mass is 327 g/mol. The second-order valence-corrected chi connectivity index (χ2v) is 5.24. The van der Waals surface area contributed by atoms with Gasteiger partial charge in [0.25, 0.3) is 5.91 Å². The maximum absolute atomic E-state index is 10.7. The van der Waals surface area contributed by atoms with Crippen LogP contribution >= 0.6 is 0 Å². The molecule has 24 heavy (non-hydrogen) atoms. The van der Waals surface area contributed by atoms with E-state index < -0.39 is 5.91 Å². The van der Waals surface area contributed by atoms with Gasteiger partial charge in [-0.3, -0.25) is 9.48 Å². The zero-order valence-electron chi connectivity index (χ0n) is 13.2. The number of benzene rings is 1. The third-order valence-electron chi connectivity index (χ3n) is 3.43. The molecule has 8 heteroatoms. The fourth-order valence-electron chi connectivity index (χ4n) is 2.16. The molecule has 2 heterocycles. The number of hydrogen-bond donors (Lipinski definition) is 1. The summed E-state index contributed by atoms with van der Waals surface area (Å²) in [6.07, 6.45) is 2.37. The smallest absolute Gasteiger partial charge is 0.255 e. The van der Waals surface area contributed by atoms with Gasteiger partial charge in [0.2, 0.25) is 11.7 Å². The Hall–Kier alpha value is -3.16. The summed E-state index contributed by atoms with van der Waals surface area (Å²) < 4.78 is 12.4. The zero-order chi connectivity index (χ0) is 16.9. The molecular weight excluding hydrogens is 310 g/mol. The maximum Gasteiger partial charge on any atom is 0.255 e. The van der Waals surface area contributed by atoms with Crippen LogP contribution in [0.2, 0.25) is 0 Å². The average Bonchev–Trinajstić information content (AvgIpc) is 3.20. The lowest BCUT2D eigenvalue weighted by Gasteiger charge is -2.03. The second-order valence-electron chi connectivity index (χ2n) is 5.24. The number of aromatic nitrogens is 4. The molecule has 124 valence electrons. The highest BCUT2D eigenvalue weighted by atomic mass is 16.5. The van der Waals surface area contributed by atoms with Gasteiger partial charge in [0, 0.05) is 30.4 Å². The molecule has 0 unspecified atom stereocenters. The van der Waals surface area contributed by atoms with E-state index in [1.807, 2.05) is 17.7 Å². The fraction of sp³-hybridized carbons (Fsp3) is 0.250. The van der Waals surface area contributed by atoms with Gasteiger partial charge in [-0.15, -0.1) is 0 Å². The first-order valence-electron chi connectivity index (χ1n) is 7.44. The van der Waals surface area contributed by atoms with Gasteiger partial charge in [0.1, 0.15) is 5.75 Å². The van der Waals surface area contributed by atoms with Crippen molar-refractivity contribution in [2.45, 2.75) is 19.9 Å². The Balaban J connectivity index is 1.62. The quantitative estimate of drug-likeness (QED) is 0.701. The molecule has 0 aliphatic carbocycles. The fourth-order valence-corrected chi connectivity index (χ4v) is 2.16. The molecule has 0 aliphatic rings. The maximum atomic E-state index is 10.7. The van der Waals surface area contributed by atoms with Crippen LogP contribution in [0.1, 0.15) is 11.6 Å². The number of aryl methyl sites for hydroxylation is 3. The third kappa shape index (κ3) is 3.78. The van der Waals surface area contributed by atoms with Crippen LogP contribution in [-0.2, 0) is 17.8 Å². The Morgan fingerprint density at radius 1 is 1.29 bits per heavy atom. The van der Waals surface area contributed by atoms with Crippen molar-refractivity contribution < 1.29 is 14.1 Å². The van der Waals surface area contributed by atoms with E-state index in [1.54, 1.807) is 30.5 Å². The Kier molecular flexibility index (Phi) is 4.55. The lowest BCUT2D eigenvalue weighted by molar-refractivity contribution is -0.119. The lowest BCUT2D eigenvalue weighted by Crippen LogP contribution is -2.19. The number of hydrogen-bond acceptors (Lipinski definition) is 6. The van der Waals surface area contributed by atoms with Gasteiger partial charge in [0.15, 0.2) is 6.61 Å². The van der Waals surface area contributed by atoms with Crippen molar-refractivity contribution in [1.82, 2.24) is 19.9 Å². The van der Waals surface area contributed by atoms with Crippen LogP contribution < -0.4 is 10.5 Å². The van der Waals surface area contributed by atoms with E-state index >= 15 is 0 Å². The SMILES string of the molecule is Cc1ccnn1CCc1nc(-c2ccc(OCC(N)=O)cc2)no1. The predicted octanol–water partition coefficient (Wildman–Crippen LogP) is 1.35. The van der Waals surface area contributed by atoms with Crippen LogP contribution in [0.4, 0.5) is 0 Å². The van der Waals surface area contributed by atoms with Crippen LogP contribution in [0.3, 0.4) is 0 Å². The van der Waals surface area contributed by atoms with Crippen molar-refractivity contribution in [1.29, 1.82) is 0 Å². The van der Waals surface area contributed by atoms with E-state index in [0.29, 0.717) is 30.4 Å². The molecule has 3 rings (SSSR count). The van der Waals surface area contributed by atoms with Gasteiger partial charge in [-0.25, -0.2) is 0 Å². The predicted molar refractivity (Wildman–Crippen MR) is 85.1 cm³/mol. The number of ether oxygens (including phenoxy) is 1. The number of primary amides is 1. The standard InChI is InChI=1S/C16H17N5O3/c1-11-6-8-18-21(11)9-7-15-19-16(20-24-15)12-2-4-13(5-3-12)23-10-14(17)22/h2-6,8H,7,9-10H2,1H3,(H2,17,22). The van der Waals surface area contributed by atoms with Crippen molar-refractivity contribution in [2.75, 3.05) is 6.61 Å². The van der Waals surface area contributed by atoms with Crippen molar-refractivity contribution in [2.24, 2.45) is 5.73 Å². The highest BCUT2D eigenvalue weighted by Gasteiger charge is 2.10. The number of carbonyl (C=O) groups is 1. The number of rotatable bonds is 7. The van der Waals surface area contributed by atoms with Gasteiger partial charge in [-0.05, 0) is 37.3 Å². The van der Waals surface area contributed by atoms with E-state index in [4.69, 9.17) is 15.0 Å². The molecule has 0 radical (unpaired) electrons. The van der Waals surface area contributed by atoms with E-state index in [2.05, 4.69) is 15.2 Å². The number of carbonyl (C=O) groups excluding carboxylic acids is 1. The molecule has 0 spiro atoms. The van der Waals surface area contributed by atoms with Crippen LogP contribution in [-0.4, -0.2) is 32.4 Å². The largest absolute Gasteiger partial charge is 0.484 e. The van der Waals surface area contributed by atoms with Crippen LogP contribution in [0.15, 0.2) is 41.1 Å². The molecule has 2 N–H and O–H groups in total. The molecule has 8 nitrogen and oxygen atoms in total. The summed E-state index contributed by atoms with van der Waals surface area (Å²) in [4.78, 5) is 15.1. The Morgan fingerprint density at radius 2 is 2.08 bits per heavy atom. The minimum Gasteiger partial charge on any atom is -0.484 e. The zero-order valence-corrected chi connectivity index (χ0v) is 13.2. The number of nitrogens with two attached hydrogens (primary N) is 1. The van der Waals surface area contributed by atoms with Crippen LogP contribution in [0.5, 0.6) is 5.75 Å². The number of amides is 1. The Bertz CT molecular complexity index is 822. The third-order valence-corrected chi connectivity index (χ3v) is 3.43. The minimum atomic E-state index is -0.519. The first-order valence-corrected chi connectivity index (χ1v) is 7.44. The highest BCUT2D eigenvalue weighted by molar-refractivity contribution is 5.75. The summed E-state index contributed by atoms with van der Waals surface area (Å²) in [5.41, 5.74) is 6.92. The molecule has 2 aromatic heterocycles. The summed E-state index contributed by atoms with van der Waals surface area (Å²) in [5, 5.41) is 8.20. The minimum absolute atomic E-state index is 0.154. The van der Waals surface area contributed by atoms with Crippen LogP contribution in [0.25, 0.3) is 11.4 Å². The molecule has 1 amide bonds. The Labute approximate surface area is 138 Å². The van der Waals surface area contributed by atoms with Gasteiger partial charge in [-0.1, -0.05) is 5.16 Å². The summed E-state index contributed by atoms with van der Waals surface area (Å²) in [7, 11) is 0. The van der Waals surface area contributed by atoms with Gasteiger partial charge >= 0.3 is 0 Å². The first kappa shape index (κ1) is 15.7. The van der Waals surface area contributed by atoms with E-state index in [9.17, 15) is 4.79 Å². The molecular formula is C16H17N5O3. The lowest BCUT2D eigenvalue weighted by atomic mass is 10.2. The first-order chi connectivity index (χ1) is 11.6. The van der Waals surface area contributed by atoms with Crippen molar-refractivity contribution in [3.8, 4) is 17.1 Å².